The summed E-state index contributed by atoms with van der Waals surface area (Å²) in [6.45, 7) is 1.96. The lowest BCUT2D eigenvalue weighted by Gasteiger charge is -2.10. The molecule has 0 bridgehead atoms. The van der Waals surface area contributed by atoms with Crippen LogP contribution in [0.5, 0.6) is 17.4 Å². The summed E-state index contributed by atoms with van der Waals surface area (Å²) >= 11 is 0. The van der Waals surface area contributed by atoms with E-state index in [0.29, 0.717) is 22.9 Å². The highest BCUT2D eigenvalue weighted by molar-refractivity contribution is 5.70. The predicted molar refractivity (Wildman–Crippen MR) is 73.4 cm³/mol. The number of nitrogens with zero attached hydrogens (tertiary/aromatic N) is 1. The van der Waals surface area contributed by atoms with Crippen LogP contribution in [0.1, 0.15) is 11.1 Å². The van der Waals surface area contributed by atoms with Crippen molar-refractivity contribution in [1.82, 2.24) is 4.98 Å². The third-order valence-corrected chi connectivity index (χ3v) is 2.69. The molecule has 0 unspecified atom stereocenters. The lowest BCUT2D eigenvalue weighted by molar-refractivity contribution is -0.136. The van der Waals surface area contributed by atoms with Crippen molar-refractivity contribution in [3.8, 4) is 17.4 Å². The van der Waals surface area contributed by atoms with Gasteiger partial charge in [-0.1, -0.05) is 12.1 Å². The molecule has 2 rings (SSSR count). The van der Waals surface area contributed by atoms with Gasteiger partial charge in [0, 0.05) is 12.3 Å². The maximum atomic E-state index is 10.6. The van der Waals surface area contributed by atoms with E-state index in [0.717, 1.165) is 5.56 Å². The lowest BCUT2D eigenvalue weighted by atomic mass is 10.2. The Bertz CT molecular complexity index is 608. The Kier molecular flexibility index (Phi) is 4.20. The minimum absolute atomic E-state index is 0.0544. The number of pyridine rings is 1. The van der Waals surface area contributed by atoms with Gasteiger partial charge in [-0.05, 0) is 30.2 Å². The molecule has 2 aromatic rings. The van der Waals surface area contributed by atoms with Crippen molar-refractivity contribution in [2.75, 3.05) is 7.11 Å². The first kappa shape index (κ1) is 13.9. The maximum Gasteiger partial charge on any atom is 0.307 e. The van der Waals surface area contributed by atoms with Crippen LogP contribution in [0.4, 0.5) is 0 Å². The van der Waals surface area contributed by atoms with Crippen LogP contribution in [-0.4, -0.2) is 23.2 Å². The summed E-state index contributed by atoms with van der Waals surface area (Å²) in [6, 6.07) is 8.90. The molecule has 0 aliphatic rings. The molecular formula is C15H15NO4. The zero-order chi connectivity index (χ0) is 14.5. The Morgan fingerprint density at radius 1 is 1.25 bits per heavy atom. The summed E-state index contributed by atoms with van der Waals surface area (Å²) < 4.78 is 10.9. The molecule has 0 saturated carbocycles. The number of benzene rings is 1. The van der Waals surface area contributed by atoms with Gasteiger partial charge in [-0.25, -0.2) is 4.98 Å². The maximum absolute atomic E-state index is 10.6. The number of aromatic nitrogens is 1. The number of methoxy groups -OCH3 is 1. The third-order valence-electron chi connectivity index (χ3n) is 2.69. The Morgan fingerprint density at radius 2 is 2.05 bits per heavy atom. The molecule has 0 saturated heterocycles. The van der Waals surface area contributed by atoms with Crippen molar-refractivity contribution in [3.05, 3.63) is 47.7 Å². The Morgan fingerprint density at radius 3 is 2.65 bits per heavy atom. The van der Waals surface area contributed by atoms with Gasteiger partial charge < -0.3 is 14.6 Å². The van der Waals surface area contributed by atoms with Gasteiger partial charge in [0.2, 0.25) is 5.88 Å². The van der Waals surface area contributed by atoms with Crippen LogP contribution in [0.15, 0.2) is 36.5 Å². The second-order valence-corrected chi connectivity index (χ2v) is 4.33. The van der Waals surface area contributed by atoms with Crippen molar-refractivity contribution in [3.63, 3.8) is 0 Å². The molecule has 5 nitrogen and oxygen atoms in total. The summed E-state index contributed by atoms with van der Waals surface area (Å²) in [5, 5.41) is 8.69. The molecule has 0 fully saturated rings. The third kappa shape index (κ3) is 3.47. The second kappa shape index (κ2) is 6.06. The van der Waals surface area contributed by atoms with Crippen molar-refractivity contribution in [2.45, 2.75) is 13.3 Å². The number of carboxylic acids is 1. The summed E-state index contributed by atoms with van der Waals surface area (Å²) in [5.74, 6) is 0.694. The van der Waals surface area contributed by atoms with Crippen molar-refractivity contribution >= 4 is 5.97 Å². The number of hydrogen-bond acceptors (Lipinski definition) is 4. The van der Waals surface area contributed by atoms with Crippen LogP contribution in [0.3, 0.4) is 0 Å². The number of carbonyl (C=O) groups is 1. The molecule has 1 aromatic heterocycles. The van der Waals surface area contributed by atoms with E-state index in [4.69, 9.17) is 14.6 Å². The largest absolute Gasteiger partial charge is 0.493 e. The second-order valence-electron chi connectivity index (χ2n) is 4.33. The molecule has 1 aromatic carbocycles. The zero-order valence-electron chi connectivity index (χ0n) is 11.3. The summed E-state index contributed by atoms with van der Waals surface area (Å²) in [5.41, 5.74) is 1.69. The Balaban J connectivity index is 2.16. The van der Waals surface area contributed by atoms with Crippen LogP contribution in [0, 0.1) is 6.92 Å². The van der Waals surface area contributed by atoms with Crippen LogP contribution in [0.25, 0.3) is 0 Å². The van der Waals surface area contributed by atoms with Crippen molar-refractivity contribution in [2.24, 2.45) is 0 Å². The highest BCUT2D eigenvalue weighted by atomic mass is 16.5. The monoisotopic (exact) mass is 273 g/mol. The Labute approximate surface area is 116 Å². The van der Waals surface area contributed by atoms with Crippen LogP contribution >= 0.6 is 0 Å². The molecule has 0 amide bonds. The number of carboxylic acid groups (broad SMARTS) is 1. The molecule has 0 aliphatic carbocycles. The standard InChI is InChI=1S/C15H15NO4/c1-10-3-5-12(13(7-10)19-2)20-14-6-4-11(9-16-14)8-15(17)18/h3-7,9H,8H2,1-2H3,(H,17,18). The molecule has 5 heteroatoms. The fourth-order valence-electron chi connectivity index (χ4n) is 1.72. The van der Waals surface area contributed by atoms with Gasteiger partial charge in [-0.15, -0.1) is 0 Å². The average Bonchev–Trinajstić information content (AvgIpc) is 2.42. The topological polar surface area (TPSA) is 68.7 Å². The fraction of sp³-hybridized carbons (Fsp3) is 0.200. The first-order valence-electron chi connectivity index (χ1n) is 6.07. The summed E-state index contributed by atoms with van der Waals surface area (Å²) in [7, 11) is 1.57. The van der Waals surface area contributed by atoms with E-state index in [1.54, 1.807) is 25.3 Å². The number of rotatable bonds is 5. The molecule has 20 heavy (non-hydrogen) atoms. The first-order valence-corrected chi connectivity index (χ1v) is 6.07. The predicted octanol–water partition coefficient (Wildman–Crippen LogP) is 2.82. The normalized spacial score (nSPS) is 10.1. The number of aliphatic carboxylic acids is 1. The summed E-state index contributed by atoms with van der Waals surface area (Å²) in [4.78, 5) is 14.7. The zero-order valence-corrected chi connectivity index (χ0v) is 11.3. The fourth-order valence-corrected chi connectivity index (χ4v) is 1.72. The smallest absolute Gasteiger partial charge is 0.307 e. The van der Waals surface area contributed by atoms with E-state index in [1.165, 1.54) is 6.20 Å². The van der Waals surface area contributed by atoms with Crippen LogP contribution in [-0.2, 0) is 11.2 Å². The van der Waals surface area contributed by atoms with Crippen molar-refractivity contribution in [1.29, 1.82) is 0 Å². The molecule has 0 radical (unpaired) electrons. The van der Waals surface area contributed by atoms with E-state index in [1.807, 2.05) is 19.1 Å². The van der Waals surface area contributed by atoms with E-state index < -0.39 is 5.97 Å². The molecule has 1 N–H and O–H groups in total. The van der Waals surface area contributed by atoms with Gasteiger partial charge in [-0.2, -0.15) is 0 Å². The highest BCUT2D eigenvalue weighted by Gasteiger charge is 2.07. The van der Waals surface area contributed by atoms with Gasteiger partial charge >= 0.3 is 5.97 Å². The molecule has 0 aliphatic heterocycles. The number of aryl methyl sites for hydroxylation is 1. The summed E-state index contributed by atoms with van der Waals surface area (Å²) in [6.07, 6.45) is 1.44. The van der Waals surface area contributed by atoms with Crippen LogP contribution in [0.2, 0.25) is 0 Å². The molecule has 0 atom stereocenters. The Hall–Kier alpha value is -2.56. The number of ether oxygens (including phenoxy) is 2. The molecule has 0 spiro atoms. The quantitative estimate of drug-likeness (QED) is 0.907. The lowest BCUT2D eigenvalue weighted by Crippen LogP contribution is -2.00. The van der Waals surface area contributed by atoms with Gasteiger partial charge in [0.15, 0.2) is 11.5 Å². The molecule has 1 heterocycles. The van der Waals surface area contributed by atoms with Gasteiger partial charge in [0.05, 0.1) is 13.5 Å². The molecule has 104 valence electrons. The SMILES string of the molecule is COc1cc(C)ccc1Oc1ccc(CC(=O)O)cn1. The highest BCUT2D eigenvalue weighted by Crippen LogP contribution is 2.31. The van der Waals surface area contributed by atoms with E-state index in [9.17, 15) is 4.79 Å². The van der Waals surface area contributed by atoms with E-state index in [-0.39, 0.29) is 6.42 Å². The number of hydrogen-bond donors (Lipinski definition) is 1. The minimum Gasteiger partial charge on any atom is -0.493 e. The van der Waals surface area contributed by atoms with Gasteiger partial charge in [-0.3, -0.25) is 4.79 Å². The molecular weight excluding hydrogens is 258 g/mol. The van der Waals surface area contributed by atoms with Crippen molar-refractivity contribution < 1.29 is 19.4 Å². The average molecular weight is 273 g/mol. The van der Waals surface area contributed by atoms with E-state index in [2.05, 4.69) is 4.98 Å². The minimum atomic E-state index is -0.888. The van der Waals surface area contributed by atoms with Crippen LogP contribution < -0.4 is 9.47 Å². The van der Waals surface area contributed by atoms with E-state index >= 15 is 0 Å². The first-order chi connectivity index (χ1) is 9.58. The van der Waals surface area contributed by atoms with Gasteiger partial charge in [0.1, 0.15) is 0 Å². The van der Waals surface area contributed by atoms with Gasteiger partial charge in [0.25, 0.3) is 0 Å².